The molecule has 0 aliphatic carbocycles. The smallest absolute Gasteiger partial charge is 0.356 e. The van der Waals surface area contributed by atoms with Gasteiger partial charge < -0.3 is 9.67 Å². The van der Waals surface area contributed by atoms with Crippen LogP contribution in [0.15, 0.2) is 29.1 Å². The zero-order valence-corrected chi connectivity index (χ0v) is 11.3. The number of carbonyl (C=O) groups is 1. The lowest BCUT2D eigenvalue weighted by atomic mass is 10.2. The predicted octanol–water partition coefficient (Wildman–Crippen LogP) is 2.02. The highest BCUT2D eigenvalue weighted by atomic mass is 35.5. The summed E-state index contributed by atoms with van der Waals surface area (Å²) >= 11 is 5.92. The topological polar surface area (TPSA) is 76.6 Å². The van der Waals surface area contributed by atoms with Gasteiger partial charge in [-0.2, -0.15) is 9.61 Å². The first kappa shape index (κ1) is 12.7. The van der Waals surface area contributed by atoms with Crippen LogP contribution >= 0.6 is 11.6 Å². The highest BCUT2D eigenvalue weighted by molar-refractivity contribution is 6.31. The van der Waals surface area contributed by atoms with Crippen LogP contribution in [0.1, 0.15) is 17.4 Å². The lowest BCUT2D eigenvalue weighted by Gasteiger charge is -2.10. The van der Waals surface area contributed by atoms with E-state index in [0.29, 0.717) is 28.1 Å². The van der Waals surface area contributed by atoms with Gasteiger partial charge in [0, 0.05) is 17.6 Å². The fourth-order valence-corrected chi connectivity index (χ4v) is 2.47. The van der Waals surface area contributed by atoms with Gasteiger partial charge in [0.25, 0.3) is 5.56 Å². The molecule has 0 aliphatic heterocycles. The Morgan fingerprint density at radius 2 is 2.15 bits per heavy atom. The van der Waals surface area contributed by atoms with E-state index in [2.05, 4.69) is 5.10 Å². The van der Waals surface area contributed by atoms with E-state index in [1.54, 1.807) is 18.2 Å². The van der Waals surface area contributed by atoms with E-state index in [0.717, 1.165) is 4.52 Å². The van der Waals surface area contributed by atoms with E-state index in [1.165, 1.54) is 6.07 Å². The van der Waals surface area contributed by atoms with Gasteiger partial charge in [0.05, 0.1) is 10.9 Å². The lowest BCUT2D eigenvalue weighted by Crippen LogP contribution is -2.19. The number of benzene rings is 1. The van der Waals surface area contributed by atoms with Crippen molar-refractivity contribution in [3.63, 3.8) is 0 Å². The minimum Gasteiger partial charge on any atom is -0.476 e. The van der Waals surface area contributed by atoms with Crippen LogP contribution in [0.2, 0.25) is 5.02 Å². The van der Waals surface area contributed by atoms with Crippen LogP contribution in [0.5, 0.6) is 0 Å². The van der Waals surface area contributed by atoms with Crippen LogP contribution in [-0.4, -0.2) is 25.3 Å². The van der Waals surface area contributed by atoms with Crippen molar-refractivity contribution in [3.8, 4) is 0 Å². The Bertz CT molecular complexity index is 910. The number of carboxylic acid groups (broad SMARTS) is 1. The van der Waals surface area contributed by atoms with Gasteiger partial charge in [-0.1, -0.05) is 11.6 Å². The summed E-state index contributed by atoms with van der Waals surface area (Å²) in [5.41, 5.74) is 0.608. The number of rotatable bonds is 2. The Kier molecular flexibility index (Phi) is 2.76. The molecule has 1 aromatic carbocycles. The van der Waals surface area contributed by atoms with E-state index in [4.69, 9.17) is 16.7 Å². The number of hydrogen-bond acceptors (Lipinski definition) is 3. The summed E-state index contributed by atoms with van der Waals surface area (Å²) in [6.07, 6.45) is 0. The van der Waals surface area contributed by atoms with Crippen molar-refractivity contribution in [1.82, 2.24) is 14.2 Å². The number of aromatic carboxylic acids is 1. The fraction of sp³-hybridized carbons (Fsp3) is 0.154. The summed E-state index contributed by atoms with van der Waals surface area (Å²) in [5.74, 6) is -1.17. The molecule has 3 rings (SSSR count). The van der Waals surface area contributed by atoms with Crippen molar-refractivity contribution in [2.45, 2.75) is 13.5 Å². The van der Waals surface area contributed by atoms with E-state index in [1.807, 2.05) is 11.5 Å². The Labute approximate surface area is 117 Å². The number of nitrogens with zero attached hydrogens (tertiary/aromatic N) is 3. The second kappa shape index (κ2) is 4.35. The summed E-state index contributed by atoms with van der Waals surface area (Å²) in [5, 5.41) is 13.7. The van der Waals surface area contributed by atoms with Crippen molar-refractivity contribution < 1.29 is 9.90 Å². The molecule has 6 nitrogen and oxygen atoms in total. The molecule has 102 valence electrons. The average molecular weight is 292 g/mol. The minimum atomic E-state index is -1.17. The van der Waals surface area contributed by atoms with Gasteiger partial charge in [0.1, 0.15) is 5.65 Å². The first-order valence-corrected chi connectivity index (χ1v) is 6.36. The van der Waals surface area contributed by atoms with Gasteiger partial charge in [0.2, 0.25) is 0 Å². The quantitative estimate of drug-likeness (QED) is 0.783. The third kappa shape index (κ3) is 1.69. The Balaban J connectivity index is 2.57. The van der Waals surface area contributed by atoms with E-state index in [-0.39, 0.29) is 11.3 Å². The molecule has 7 heteroatoms. The normalized spacial score (nSPS) is 11.3. The zero-order valence-electron chi connectivity index (χ0n) is 10.5. The Hall–Kier alpha value is -2.34. The molecule has 0 amide bonds. The standard InChI is InChI=1S/C13H10ClN3O3/c1-2-16-10-4-3-7(14)5-8(10)12(18)17-11(16)6-9(15-17)13(19)20/h3-6H,2H2,1H3,(H,19,20). The number of aryl methyl sites for hydroxylation is 1. The predicted molar refractivity (Wildman–Crippen MR) is 74.6 cm³/mol. The first-order chi connectivity index (χ1) is 9.52. The minimum absolute atomic E-state index is 0.161. The number of carboxylic acids is 1. The molecule has 0 spiro atoms. The van der Waals surface area contributed by atoms with Crippen LogP contribution in [0.3, 0.4) is 0 Å². The highest BCUT2D eigenvalue weighted by Gasteiger charge is 2.16. The Morgan fingerprint density at radius 1 is 1.40 bits per heavy atom. The Morgan fingerprint density at radius 3 is 2.80 bits per heavy atom. The third-order valence-corrected chi connectivity index (χ3v) is 3.41. The molecule has 1 N–H and O–H groups in total. The highest BCUT2D eigenvalue weighted by Crippen LogP contribution is 2.19. The molecule has 0 atom stereocenters. The van der Waals surface area contributed by atoms with E-state index < -0.39 is 5.97 Å². The van der Waals surface area contributed by atoms with Gasteiger partial charge in [-0.3, -0.25) is 4.79 Å². The lowest BCUT2D eigenvalue weighted by molar-refractivity contribution is 0.0690. The molecule has 0 aliphatic rings. The molecule has 0 unspecified atom stereocenters. The van der Waals surface area contributed by atoms with Crippen LogP contribution in [0.25, 0.3) is 16.6 Å². The maximum atomic E-state index is 12.4. The third-order valence-electron chi connectivity index (χ3n) is 3.17. The molecule has 0 radical (unpaired) electrons. The average Bonchev–Trinajstić information content (AvgIpc) is 2.85. The number of hydrogen-bond donors (Lipinski definition) is 1. The van der Waals surface area contributed by atoms with Gasteiger partial charge in [-0.15, -0.1) is 0 Å². The van der Waals surface area contributed by atoms with E-state index in [9.17, 15) is 9.59 Å². The summed E-state index contributed by atoms with van der Waals surface area (Å²) in [4.78, 5) is 23.4. The van der Waals surface area contributed by atoms with Crippen LogP contribution in [-0.2, 0) is 6.54 Å². The summed E-state index contributed by atoms with van der Waals surface area (Å²) in [6, 6.07) is 6.39. The summed E-state index contributed by atoms with van der Waals surface area (Å²) < 4.78 is 2.93. The second-order valence-electron chi connectivity index (χ2n) is 4.32. The SMILES string of the molecule is CCn1c2ccc(Cl)cc2c(=O)n2nc(C(=O)O)cc12. The molecule has 0 saturated heterocycles. The van der Waals surface area contributed by atoms with Gasteiger partial charge in [-0.05, 0) is 25.1 Å². The molecule has 0 bridgehead atoms. The molecule has 2 heterocycles. The van der Waals surface area contributed by atoms with Gasteiger partial charge in [-0.25, -0.2) is 4.79 Å². The van der Waals surface area contributed by atoms with Gasteiger partial charge in [0.15, 0.2) is 5.69 Å². The van der Waals surface area contributed by atoms with Crippen molar-refractivity contribution in [3.05, 3.63) is 45.3 Å². The van der Waals surface area contributed by atoms with Crippen molar-refractivity contribution in [2.24, 2.45) is 0 Å². The second-order valence-corrected chi connectivity index (χ2v) is 4.75. The molecular formula is C13H10ClN3O3. The number of fused-ring (bicyclic) bond motifs is 2. The summed E-state index contributed by atoms with van der Waals surface area (Å²) in [6.45, 7) is 2.48. The van der Waals surface area contributed by atoms with Crippen molar-refractivity contribution >= 4 is 34.1 Å². The molecule has 3 aromatic rings. The molecule has 0 fully saturated rings. The zero-order chi connectivity index (χ0) is 14.4. The summed E-state index contributed by atoms with van der Waals surface area (Å²) in [7, 11) is 0. The first-order valence-electron chi connectivity index (χ1n) is 5.98. The maximum absolute atomic E-state index is 12.4. The largest absolute Gasteiger partial charge is 0.476 e. The van der Waals surface area contributed by atoms with E-state index >= 15 is 0 Å². The monoisotopic (exact) mass is 291 g/mol. The van der Waals surface area contributed by atoms with Crippen LogP contribution < -0.4 is 5.56 Å². The maximum Gasteiger partial charge on any atom is 0.356 e. The van der Waals surface area contributed by atoms with Crippen LogP contribution in [0.4, 0.5) is 0 Å². The van der Waals surface area contributed by atoms with Crippen molar-refractivity contribution in [1.29, 1.82) is 0 Å². The fourth-order valence-electron chi connectivity index (χ4n) is 2.30. The molecular weight excluding hydrogens is 282 g/mol. The molecule has 0 saturated carbocycles. The van der Waals surface area contributed by atoms with Crippen LogP contribution in [0, 0.1) is 0 Å². The number of aromatic nitrogens is 3. The molecule has 20 heavy (non-hydrogen) atoms. The number of halogens is 1. The van der Waals surface area contributed by atoms with Gasteiger partial charge >= 0.3 is 5.97 Å². The molecule has 2 aromatic heterocycles. The van der Waals surface area contributed by atoms with Crippen molar-refractivity contribution in [2.75, 3.05) is 0 Å².